The molecule has 1 heterocycles. The molecule has 0 saturated heterocycles. The van der Waals surface area contributed by atoms with Crippen molar-refractivity contribution in [3.63, 3.8) is 0 Å². The van der Waals surface area contributed by atoms with E-state index in [0.29, 0.717) is 22.9 Å². The number of aliphatic hydroxyl groups is 1. The third-order valence-corrected chi connectivity index (χ3v) is 4.68. The molecule has 0 aliphatic heterocycles. The van der Waals surface area contributed by atoms with E-state index in [2.05, 4.69) is 48.2 Å². The fourth-order valence-corrected chi connectivity index (χ4v) is 3.33. The van der Waals surface area contributed by atoms with Gasteiger partial charge in [-0.3, -0.25) is 0 Å². The Kier molecular flexibility index (Phi) is 5.94. The SMILES string of the molecule is C=C/C=C(\C(=C)O)c1nc(N)c(C#N)c(C2CCCC(N(C)C)C2)n1. The second-order valence-corrected chi connectivity index (χ2v) is 6.55. The van der Waals surface area contributed by atoms with Crippen LogP contribution in [-0.4, -0.2) is 40.1 Å². The van der Waals surface area contributed by atoms with Gasteiger partial charge in [-0.2, -0.15) is 5.26 Å². The van der Waals surface area contributed by atoms with Gasteiger partial charge in [0.15, 0.2) is 5.82 Å². The van der Waals surface area contributed by atoms with Crippen LogP contribution in [0.4, 0.5) is 5.82 Å². The van der Waals surface area contributed by atoms with Crippen LogP contribution in [0.5, 0.6) is 0 Å². The normalized spacial score (nSPS) is 21.0. The summed E-state index contributed by atoms with van der Waals surface area (Å²) in [5, 5.41) is 19.4. The highest BCUT2D eigenvalue weighted by atomic mass is 16.3. The predicted octanol–water partition coefficient (Wildman–Crippen LogP) is 3.16. The van der Waals surface area contributed by atoms with E-state index < -0.39 is 0 Å². The summed E-state index contributed by atoms with van der Waals surface area (Å²) in [7, 11) is 4.14. The van der Waals surface area contributed by atoms with Gasteiger partial charge >= 0.3 is 0 Å². The van der Waals surface area contributed by atoms with Crippen LogP contribution in [0.25, 0.3) is 5.57 Å². The summed E-state index contributed by atoms with van der Waals surface area (Å²) in [5.41, 5.74) is 7.36. The molecular weight excluding hydrogens is 314 g/mol. The third kappa shape index (κ3) is 4.06. The van der Waals surface area contributed by atoms with E-state index in [1.165, 1.54) is 6.08 Å². The molecule has 0 radical (unpaired) electrons. The van der Waals surface area contributed by atoms with Crippen LogP contribution in [-0.2, 0) is 0 Å². The Balaban J connectivity index is 2.53. The van der Waals surface area contributed by atoms with Crippen molar-refractivity contribution < 1.29 is 5.11 Å². The lowest BCUT2D eigenvalue weighted by Gasteiger charge is -2.33. The van der Waals surface area contributed by atoms with E-state index in [1.807, 2.05) is 0 Å². The van der Waals surface area contributed by atoms with Gasteiger partial charge in [0.1, 0.15) is 23.2 Å². The Morgan fingerprint density at radius 3 is 2.68 bits per heavy atom. The zero-order valence-electron chi connectivity index (χ0n) is 14.9. The predicted molar refractivity (Wildman–Crippen MR) is 99.8 cm³/mol. The van der Waals surface area contributed by atoms with Crippen LogP contribution in [0.1, 0.15) is 48.7 Å². The quantitative estimate of drug-likeness (QED) is 0.631. The summed E-state index contributed by atoms with van der Waals surface area (Å²) < 4.78 is 0. The number of nitriles is 1. The van der Waals surface area contributed by atoms with Gasteiger partial charge in [-0.05, 0) is 39.4 Å². The highest BCUT2D eigenvalue weighted by Gasteiger charge is 2.29. The van der Waals surface area contributed by atoms with Gasteiger partial charge in [-0.1, -0.05) is 25.7 Å². The first kappa shape index (κ1) is 18.7. The van der Waals surface area contributed by atoms with Crippen LogP contribution >= 0.6 is 0 Å². The molecule has 1 aliphatic rings. The van der Waals surface area contributed by atoms with Crippen molar-refractivity contribution in [2.75, 3.05) is 19.8 Å². The highest BCUT2D eigenvalue weighted by molar-refractivity contribution is 5.74. The van der Waals surface area contributed by atoms with Crippen LogP contribution in [0.3, 0.4) is 0 Å². The van der Waals surface area contributed by atoms with Crippen LogP contribution in [0.2, 0.25) is 0 Å². The Hall–Kier alpha value is -2.65. The Labute approximate surface area is 149 Å². The second-order valence-electron chi connectivity index (χ2n) is 6.55. The topological polar surface area (TPSA) is 99.1 Å². The van der Waals surface area contributed by atoms with Crippen molar-refractivity contribution in [3.8, 4) is 6.07 Å². The second kappa shape index (κ2) is 7.95. The molecule has 2 unspecified atom stereocenters. The lowest BCUT2D eigenvalue weighted by molar-refractivity contribution is 0.211. The molecule has 25 heavy (non-hydrogen) atoms. The fraction of sp³-hybridized carbons (Fsp3) is 0.421. The Morgan fingerprint density at radius 1 is 1.40 bits per heavy atom. The van der Waals surface area contributed by atoms with E-state index in [4.69, 9.17) is 5.73 Å². The fourth-order valence-electron chi connectivity index (χ4n) is 3.33. The van der Waals surface area contributed by atoms with Crippen LogP contribution in [0, 0.1) is 11.3 Å². The summed E-state index contributed by atoms with van der Waals surface area (Å²) >= 11 is 0. The van der Waals surface area contributed by atoms with Crippen molar-refractivity contribution in [3.05, 3.63) is 48.2 Å². The summed E-state index contributed by atoms with van der Waals surface area (Å²) in [6.07, 6.45) is 7.18. The molecule has 6 nitrogen and oxygen atoms in total. The molecule has 1 saturated carbocycles. The molecule has 132 valence electrons. The van der Waals surface area contributed by atoms with E-state index >= 15 is 0 Å². The molecule has 0 spiro atoms. The number of allylic oxidation sites excluding steroid dienone is 3. The molecule has 1 aromatic heterocycles. The maximum absolute atomic E-state index is 9.83. The minimum absolute atomic E-state index is 0.130. The van der Waals surface area contributed by atoms with Crippen molar-refractivity contribution in [1.82, 2.24) is 14.9 Å². The molecule has 6 heteroatoms. The average Bonchev–Trinajstić information content (AvgIpc) is 2.58. The molecule has 0 aromatic carbocycles. The molecule has 1 aromatic rings. The summed E-state index contributed by atoms with van der Waals surface area (Å²) in [6, 6.07) is 2.59. The van der Waals surface area contributed by atoms with E-state index in [9.17, 15) is 10.4 Å². The first-order chi connectivity index (χ1) is 11.9. The van der Waals surface area contributed by atoms with Gasteiger partial charge < -0.3 is 15.7 Å². The maximum Gasteiger partial charge on any atom is 0.165 e. The number of aromatic nitrogens is 2. The lowest BCUT2D eigenvalue weighted by Crippen LogP contribution is -2.33. The van der Waals surface area contributed by atoms with Crippen molar-refractivity contribution in [1.29, 1.82) is 5.26 Å². The minimum atomic E-state index is -0.162. The number of nitrogen functional groups attached to an aromatic ring is 1. The molecule has 2 rings (SSSR count). The molecule has 0 bridgehead atoms. The number of aliphatic hydroxyl groups excluding tert-OH is 1. The zero-order chi connectivity index (χ0) is 18.6. The van der Waals surface area contributed by atoms with Crippen molar-refractivity contribution in [2.24, 2.45) is 0 Å². The largest absolute Gasteiger partial charge is 0.508 e. The zero-order valence-corrected chi connectivity index (χ0v) is 14.9. The van der Waals surface area contributed by atoms with Gasteiger partial charge in [-0.15, -0.1) is 0 Å². The van der Waals surface area contributed by atoms with Gasteiger partial charge in [0.25, 0.3) is 0 Å². The summed E-state index contributed by atoms with van der Waals surface area (Å²) in [5.74, 6) is 0.373. The standard InChI is InChI=1S/C19H25N5O/c1-5-7-15(12(2)25)19-22-17(16(11-20)18(21)23-19)13-8-6-9-14(10-13)24(3)4/h5,7,13-14,25H,1-2,6,8-10H2,3-4H3,(H2,21,22,23)/b15-7+. The van der Waals surface area contributed by atoms with Gasteiger partial charge in [0.2, 0.25) is 0 Å². The van der Waals surface area contributed by atoms with E-state index in [0.717, 1.165) is 25.7 Å². The first-order valence-electron chi connectivity index (χ1n) is 8.34. The molecule has 0 amide bonds. The van der Waals surface area contributed by atoms with Gasteiger partial charge in [-0.25, -0.2) is 9.97 Å². The van der Waals surface area contributed by atoms with Crippen LogP contribution in [0.15, 0.2) is 31.1 Å². The molecule has 1 fully saturated rings. The number of hydrogen-bond donors (Lipinski definition) is 2. The first-order valence-corrected chi connectivity index (χ1v) is 8.34. The Morgan fingerprint density at radius 2 is 2.12 bits per heavy atom. The highest BCUT2D eigenvalue weighted by Crippen LogP contribution is 2.36. The monoisotopic (exact) mass is 339 g/mol. The number of nitrogens with zero attached hydrogens (tertiary/aromatic N) is 4. The number of rotatable bonds is 5. The van der Waals surface area contributed by atoms with Gasteiger partial charge in [0, 0.05) is 12.0 Å². The van der Waals surface area contributed by atoms with Crippen molar-refractivity contribution in [2.45, 2.75) is 37.6 Å². The number of hydrogen-bond acceptors (Lipinski definition) is 6. The van der Waals surface area contributed by atoms with Gasteiger partial charge in [0.05, 0.1) is 11.3 Å². The Bertz CT molecular complexity index is 745. The number of anilines is 1. The minimum Gasteiger partial charge on any atom is -0.508 e. The summed E-state index contributed by atoms with van der Waals surface area (Å²) in [4.78, 5) is 11.0. The van der Waals surface area contributed by atoms with E-state index in [-0.39, 0.29) is 23.3 Å². The summed E-state index contributed by atoms with van der Waals surface area (Å²) in [6.45, 7) is 7.18. The molecule has 3 N–H and O–H groups in total. The smallest absolute Gasteiger partial charge is 0.165 e. The third-order valence-electron chi connectivity index (χ3n) is 4.68. The molecule has 2 atom stereocenters. The average molecular weight is 339 g/mol. The number of nitrogens with two attached hydrogens (primary N) is 1. The van der Waals surface area contributed by atoms with Crippen molar-refractivity contribution >= 4 is 11.4 Å². The molecular formula is C19H25N5O. The lowest BCUT2D eigenvalue weighted by atomic mass is 9.82. The maximum atomic E-state index is 9.83. The molecule has 1 aliphatic carbocycles. The van der Waals surface area contributed by atoms with Crippen LogP contribution < -0.4 is 5.73 Å². The van der Waals surface area contributed by atoms with E-state index in [1.54, 1.807) is 6.08 Å².